The van der Waals surface area contributed by atoms with Crippen LogP contribution in [-0.4, -0.2) is 29.1 Å². The fourth-order valence-corrected chi connectivity index (χ4v) is 8.71. The van der Waals surface area contributed by atoms with E-state index >= 15 is 0 Å². The molecule has 6 nitrogen and oxygen atoms in total. The quantitative estimate of drug-likeness (QED) is 0.171. The molecule has 0 fully saturated rings. The van der Waals surface area contributed by atoms with Gasteiger partial charge in [-0.3, -0.25) is 4.57 Å². The second-order valence-electron chi connectivity index (χ2n) is 14.8. The van der Waals surface area contributed by atoms with Gasteiger partial charge in [-0.1, -0.05) is 128 Å². The van der Waals surface area contributed by atoms with Crippen molar-refractivity contribution in [3.05, 3.63) is 193 Å². The average molecular weight is 733 g/mol. The molecule has 4 aromatic heterocycles. The Morgan fingerprint density at radius 2 is 1.05 bits per heavy atom. The van der Waals surface area contributed by atoms with E-state index in [1.54, 1.807) is 0 Å². The van der Waals surface area contributed by atoms with Crippen LogP contribution in [0.4, 0.5) is 0 Å². The van der Waals surface area contributed by atoms with Crippen LogP contribution in [0.3, 0.4) is 0 Å². The maximum absolute atomic E-state index is 5.04. The lowest BCUT2D eigenvalue weighted by molar-refractivity contribution is 0.784. The highest BCUT2D eigenvalue weighted by atomic mass is 15.1. The van der Waals surface area contributed by atoms with Crippen LogP contribution in [-0.2, 0) is 0 Å². The van der Waals surface area contributed by atoms with Gasteiger partial charge < -0.3 is 4.57 Å². The first-order valence-electron chi connectivity index (χ1n) is 19.4. The van der Waals surface area contributed by atoms with Gasteiger partial charge in [-0.05, 0) is 83.6 Å². The zero-order valence-corrected chi connectivity index (χ0v) is 31.3. The number of allylic oxidation sites excluding steroid dienone is 1. The van der Waals surface area contributed by atoms with Gasteiger partial charge in [-0.25, -0.2) is 19.9 Å². The molecule has 0 N–H and O–H groups in total. The van der Waals surface area contributed by atoms with Crippen LogP contribution in [0.15, 0.2) is 176 Å². The summed E-state index contributed by atoms with van der Waals surface area (Å²) in [4.78, 5) is 19.7. The molecule has 1 unspecified atom stereocenters. The second kappa shape index (κ2) is 13.4. The van der Waals surface area contributed by atoms with Crippen LogP contribution in [0.1, 0.15) is 36.1 Å². The van der Waals surface area contributed by atoms with Crippen molar-refractivity contribution in [2.24, 2.45) is 0 Å². The van der Waals surface area contributed by atoms with E-state index in [0.29, 0.717) is 23.4 Å². The summed E-state index contributed by atoms with van der Waals surface area (Å²) in [6.45, 7) is 2.36. The molecule has 6 aromatic carbocycles. The predicted octanol–water partition coefficient (Wildman–Crippen LogP) is 12.4. The molecule has 1 atom stereocenters. The first kappa shape index (κ1) is 32.9. The topological polar surface area (TPSA) is 61.4 Å². The molecule has 4 heterocycles. The van der Waals surface area contributed by atoms with Crippen molar-refractivity contribution in [2.45, 2.75) is 19.3 Å². The Morgan fingerprint density at radius 1 is 0.474 bits per heavy atom. The van der Waals surface area contributed by atoms with E-state index in [-0.39, 0.29) is 0 Å². The van der Waals surface area contributed by atoms with Gasteiger partial charge >= 0.3 is 0 Å². The molecule has 1 aliphatic carbocycles. The summed E-state index contributed by atoms with van der Waals surface area (Å²) in [6.07, 6.45) is 5.19. The van der Waals surface area contributed by atoms with Gasteiger partial charge in [0.05, 0.1) is 22.2 Å². The van der Waals surface area contributed by atoms with Gasteiger partial charge in [0.15, 0.2) is 17.5 Å². The van der Waals surface area contributed by atoms with Gasteiger partial charge in [-0.15, -0.1) is 0 Å². The van der Waals surface area contributed by atoms with Crippen molar-refractivity contribution >= 4 is 44.4 Å². The molecule has 0 aliphatic heterocycles. The third-order valence-corrected chi connectivity index (χ3v) is 11.3. The van der Waals surface area contributed by atoms with Gasteiger partial charge in [-0.2, -0.15) is 0 Å². The molecule has 0 saturated carbocycles. The van der Waals surface area contributed by atoms with Crippen LogP contribution in [0, 0.1) is 0 Å². The van der Waals surface area contributed by atoms with Gasteiger partial charge in [0.1, 0.15) is 5.82 Å². The number of hydrogen-bond acceptors (Lipinski definition) is 4. The van der Waals surface area contributed by atoms with Crippen molar-refractivity contribution in [3.8, 4) is 45.7 Å². The lowest BCUT2D eigenvalue weighted by Crippen LogP contribution is -2.06. The maximum Gasteiger partial charge on any atom is 0.164 e. The normalized spacial score (nSPS) is 13.9. The monoisotopic (exact) mass is 732 g/mol. The Labute approximate surface area is 330 Å². The number of nitrogens with zero attached hydrogens (tertiary/aromatic N) is 6. The zero-order valence-electron chi connectivity index (χ0n) is 31.3. The van der Waals surface area contributed by atoms with E-state index < -0.39 is 0 Å². The first-order chi connectivity index (χ1) is 28.2. The maximum atomic E-state index is 5.04. The van der Waals surface area contributed by atoms with Crippen molar-refractivity contribution in [1.29, 1.82) is 0 Å². The van der Waals surface area contributed by atoms with Crippen LogP contribution in [0.5, 0.6) is 0 Å². The molecule has 0 amide bonds. The largest absolute Gasteiger partial charge is 0.310 e. The third-order valence-electron chi connectivity index (χ3n) is 11.3. The summed E-state index contributed by atoms with van der Waals surface area (Å²) in [7, 11) is 0. The molecule has 0 bridgehead atoms. The van der Waals surface area contributed by atoms with Crippen molar-refractivity contribution in [1.82, 2.24) is 29.1 Å². The summed E-state index contributed by atoms with van der Waals surface area (Å²) in [6, 6.07) is 59.4. The number of rotatable bonds is 6. The molecular weight excluding hydrogens is 697 g/mol. The van der Waals surface area contributed by atoms with Gasteiger partial charge in [0, 0.05) is 44.7 Å². The van der Waals surface area contributed by atoms with Gasteiger partial charge in [0.25, 0.3) is 0 Å². The molecule has 11 rings (SSSR count). The van der Waals surface area contributed by atoms with Crippen molar-refractivity contribution in [3.63, 3.8) is 0 Å². The van der Waals surface area contributed by atoms with E-state index in [4.69, 9.17) is 19.9 Å². The first-order valence-corrected chi connectivity index (χ1v) is 19.4. The van der Waals surface area contributed by atoms with Crippen LogP contribution >= 0.6 is 0 Å². The van der Waals surface area contributed by atoms with E-state index in [0.717, 1.165) is 45.6 Å². The van der Waals surface area contributed by atoms with Crippen LogP contribution < -0.4 is 0 Å². The van der Waals surface area contributed by atoms with E-state index in [1.807, 2.05) is 79.0 Å². The summed E-state index contributed by atoms with van der Waals surface area (Å²) < 4.78 is 4.73. The number of para-hydroxylation sites is 2. The molecule has 57 heavy (non-hydrogen) atoms. The molecule has 1 aliphatic rings. The average Bonchev–Trinajstić information content (AvgIpc) is 3.80. The molecule has 10 aromatic rings. The zero-order chi connectivity index (χ0) is 37.9. The van der Waals surface area contributed by atoms with E-state index in [2.05, 4.69) is 119 Å². The van der Waals surface area contributed by atoms with Crippen molar-refractivity contribution in [2.75, 3.05) is 0 Å². The Bertz CT molecular complexity index is 3100. The lowest BCUT2D eigenvalue weighted by atomic mass is 9.83. The number of pyridine rings is 1. The van der Waals surface area contributed by atoms with Crippen LogP contribution in [0.25, 0.3) is 90.0 Å². The van der Waals surface area contributed by atoms with Crippen molar-refractivity contribution < 1.29 is 0 Å². The Balaban J connectivity index is 1.07. The number of aromatic nitrogens is 6. The highest BCUT2D eigenvalue weighted by Gasteiger charge is 2.27. The molecule has 0 radical (unpaired) electrons. The number of hydrogen-bond donors (Lipinski definition) is 0. The minimum atomic E-state index is 0.302. The van der Waals surface area contributed by atoms with E-state index in [1.165, 1.54) is 44.1 Å². The summed E-state index contributed by atoms with van der Waals surface area (Å²) in [5, 5.41) is 3.70. The Kier molecular flexibility index (Phi) is 7.74. The summed E-state index contributed by atoms with van der Waals surface area (Å²) in [5.41, 5.74) is 12.6. The number of fused-ring (bicyclic) bond motifs is 6. The highest BCUT2D eigenvalue weighted by Crippen LogP contribution is 2.45. The summed E-state index contributed by atoms with van der Waals surface area (Å²) >= 11 is 0. The molecule has 270 valence electrons. The smallest absolute Gasteiger partial charge is 0.164 e. The fourth-order valence-electron chi connectivity index (χ4n) is 8.71. The molecule has 0 saturated heterocycles. The second-order valence-corrected chi connectivity index (χ2v) is 14.8. The van der Waals surface area contributed by atoms with Crippen LogP contribution in [0.2, 0.25) is 0 Å². The predicted molar refractivity (Wildman–Crippen MR) is 232 cm³/mol. The standard InChI is InChI=1S/C51H36N6/c1-33-29-38(36-19-14-20-37(30-36)51-54-49(34-15-4-2-5-16-34)53-50(55-51)35-17-6-3-7-18-35)31-46-48(33)41-22-9-11-24-44(41)56(46)39-26-27-45-42(32-39)40-21-8-10-23-43(40)57(45)47-25-12-13-28-52-47/h2-28,30-33H,29H2,1H3. The SMILES string of the molecule is CC1CC(c2cccc(-c3nc(-c4ccccc4)nc(-c4ccccc4)n3)c2)=Cc2c1c1ccccc1n2-c1ccc2c(c1)c1ccccc1n2-c1ccccn1. The molecule has 0 spiro atoms. The Hall–Kier alpha value is -7.44. The lowest BCUT2D eigenvalue weighted by Gasteiger charge is -2.23. The number of benzene rings is 6. The van der Waals surface area contributed by atoms with E-state index in [9.17, 15) is 0 Å². The fraction of sp³-hybridized carbons (Fsp3) is 0.0588. The minimum Gasteiger partial charge on any atom is -0.310 e. The third kappa shape index (κ3) is 5.56. The summed E-state index contributed by atoms with van der Waals surface area (Å²) in [5.74, 6) is 3.18. The minimum absolute atomic E-state index is 0.302. The molecule has 6 heteroatoms. The molecular formula is C51H36N6. The highest BCUT2D eigenvalue weighted by molar-refractivity contribution is 6.10. The van der Waals surface area contributed by atoms with Gasteiger partial charge in [0.2, 0.25) is 0 Å². The Morgan fingerprint density at radius 3 is 1.75 bits per heavy atom.